The van der Waals surface area contributed by atoms with Crippen molar-refractivity contribution >= 4 is 56.4 Å². The average molecular weight is 851 g/mol. The lowest BCUT2D eigenvalue weighted by atomic mass is 9.66. The van der Waals surface area contributed by atoms with Crippen molar-refractivity contribution in [1.82, 2.24) is 34.3 Å². The Balaban J connectivity index is 0.744. The third kappa shape index (κ3) is 7.26. The van der Waals surface area contributed by atoms with E-state index in [4.69, 9.17) is 4.98 Å². The van der Waals surface area contributed by atoms with Gasteiger partial charge in [0.25, 0.3) is 0 Å². The van der Waals surface area contributed by atoms with E-state index in [1.165, 1.54) is 10.5 Å². The summed E-state index contributed by atoms with van der Waals surface area (Å²) in [5.41, 5.74) is 3.51. The maximum atomic E-state index is 14.0. The quantitative estimate of drug-likeness (QED) is 0.215. The zero-order valence-corrected chi connectivity index (χ0v) is 35.4. The standard InChI is InChI=1S/C44H54N10O6S/c1-50-37-24-30(9-10-35(37)39(49-50)53-22-15-38(56)47-43(53)58)29-11-18-51(19-12-29)27-28-5-2-8-34(23-28)61(59,60)52-20-13-31(14-21-52)46-42-45-26-36-40(48-42)54(32-6-3-7-33(55)25-32)41(57)44(36)16-4-17-44/h2,5,8-10,23-24,26,29,31-33,55H,3-4,6-7,11-22,25,27H2,1H3,(H,45,46,48)(H,47,56,58)/t32-,33-/m1/s1. The van der Waals surface area contributed by atoms with Crippen LogP contribution in [0.5, 0.6) is 0 Å². The molecule has 0 bridgehead atoms. The van der Waals surface area contributed by atoms with Gasteiger partial charge < -0.3 is 10.4 Å². The second-order valence-corrected chi connectivity index (χ2v) is 20.0. The third-order valence-electron chi connectivity index (χ3n) is 14.3. The number of rotatable bonds is 9. The number of hydrogen-bond donors (Lipinski definition) is 3. The minimum Gasteiger partial charge on any atom is -0.393 e. The Hall–Kier alpha value is -4.97. The van der Waals surface area contributed by atoms with Gasteiger partial charge >= 0.3 is 6.03 Å². The highest BCUT2D eigenvalue weighted by molar-refractivity contribution is 7.89. The molecular formula is C44H54N10O6S. The zero-order chi connectivity index (χ0) is 42.0. The fourth-order valence-electron chi connectivity index (χ4n) is 10.7. The second-order valence-electron chi connectivity index (χ2n) is 18.0. The van der Waals surface area contributed by atoms with Gasteiger partial charge in [0.05, 0.1) is 21.9 Å². The Morgan fingerprint density at radius 2 is 1.72 bits per heavy atom. The van der Waals surface area contributed by atoms with Crippen molar-refractivity contribution < 1.29 is 27.9 Å². The number of aliphatic hydroxyl groups excluding tert-OH is 1. The molecule has 0 unspecified atom stereocenters. The topological polar surface area (TPSA) is 186 Å². The molecule has 16 nitrogen and oxygen atoms in total. The molecule has 2 aromatic carbocycles. The van der Waals surface area contributed by atoms with E-state index in [0.717, 1.165) is 86.5 Å². The van der Waals surface area contributed by atoms with Crippen molar-refractivity contribution in [2.75, 3.05) is 47.8 Å². The van der Waals surface area contributed by atoms with E-state index in [1.54, 1.807) is 15.1 Å². The first kappa shape index (κ1) is 40.1. The Kier molecular flexibility index (Phi) is 10.4. The number of aliphatic hydroxyl groups is 1. The van der Waals surface area contributed by atoms with Crippen LogP contribution in [0.3, 0.4) is 0 Å². The van der Waals surface area contributed by atoms with Crippen LogP contribution in [0, 0.1) is 0 Å². The lowest BCUT2D eigenvalue weighted by molar-refractivity contribution is -0.126. The number of fused-ring (bicyclic) bond motifs is 3. The van der Waals surface area contributed by atoms with Gasteiger partial charge in [0.1, 0.15) is 5.82 Å². The summed E-state index contributed by atoms with van der Waals surface area (Å²) in [6, 6.07) is 13.1. The van der Waals surface area contributed by atoms with Crippen LogP contribution in [0.4, 0.5) is 22.4 Å². The number of benzene rings is 2. The number of hydrogen-bond acceptors (Lipinski definition) is 11. The van der Waals surface area contributed by atoms with Crippen LogP contribution < -0.4 is 20.4 Å². The van der Waals surface area contributed by atoms with Gasteiger partial charge in [-0.1, -0.05) is 24.6 Å². The van der Waals surface area contributed by atoms with Gasteiger partial charge in [0, 0.05) is 68.9 Å². The number of urea groups is 1. The highest BCUT2D eigenvalue weighted by atomic mass is 32.2. The van der Waals surface area contributed by atoms with E-state index in [9.17, 15) is 27.9 Å². The lowest BCUT2D eigenvalue weighted by Crippen LogP contribution is -2.50. The number of amides is 4. The number of aryl methyl sites for hydroxylation is 1. The van der Waals surface area contributed by atoms with Crippen molar-refractivity contribution in [3.8, 4) is 0 Å². The first-order valence-electron chi connectivity index (χ1n) is 22.0. The van der Waals surface area contributed by atoms with E-state index < -0.39 is 27.6 Å². The molecule has 61 heavy (non-hydrogen) atoms. The molecule has 4 amide bonds. The number of anilines is 3. The second kappa shape index (κ2) is 15.7. The van der Waals surface area contributed by atoms with Crippen LogP contribution in [-0.2, 0) is 38.6 Å². The van der Waals surface area contributed by atoms with Crippen molar-refractivity contribution in [3.05, 3.63) is 65.4 Å². The highest BCUT2D eigenvalue weighted by Gasteiger charge is 2.57. The third-order valence-corrected chi connectivity index (χ3v) is 16.2. The van der Waals surface area contributed by atoms with E-state index in [2.05, 4.69) is 37.7 Å². The minimum absolute atomic E-state index is 0.0159. The van der Waals surface area contributed by atoms with E-state index in [0.29, 0.717) is 73.8 Å². The number of nitrogens with zero attached hydrogens (tertiary/aromatic N) is 8. The molecule has 10 rings (SSSR count). The molecule has 2 aromatic heterocycles. The molecule has 322 valence electrons. The first-order chi connectivity index (χ1) is 29.5. The Morgan fingerprint density at radius 3 is 2.46 bits per heavy atom. The van der Waals surface area contributed by atoms with Gasteiger partial charge in [-0.25, -0.2) is 18.2 Å². The fourth-order valence-corrected chi connectivity index (χ4v) is 12.2. The summed E-state index contributed by atoms with van der Waals surface area (Å²) in [7, 11) is -1.83. The van der Waals surface area contributed by atoms with Gasteiger partial charge in [-0.15, -0.1) is 0 Å². The molecule has 1 spiro atoms. The van der Waals surface area contributed by atoms with Gasteiger partial charge in [0.2, 0.25) is 27.8 Å². The van der Waals surface area contributed by atoms with Gasteiger partial charge in [-0.05, 0) is 119 Å². The molecule has 2 saturated carbocycles. The summed E-state index contributed by atoms with van der Waals surface area (Å²) in [6.07, 6.45) is 10.4. The molecule has 4 aromatic rings. The molecule has 2 atom stereocenters. The van der Waals surface area contributed by atoms with E-state index in [1.807, 2.05) is 42.4 Å². The Morgan fingerprint density at radius 1 is 0.918 bits per heavy atom. The monoisotopic (exact) mass is 850 g/mol. The smallest absolute Gasteiger partial charge is 0.329 e. The SMILES string of the molecule is Cn1nc(N2CCC(=O)NC2=O)c2ccc(C3CCN(Cc4cccc(S(=O)(=O)N5CCC(Nc6ncc7c(n6)N([C@@H]6CCC[C@@H](O)C6)C(=O)C76CCC6)CC5)c4)CC3)cc21. The zero-order valence-electron chi connectivity index (χ0n) is 34.6. The largest absolute Gasteiger partial charge is 0.393 e. The van der Waals surface area contributed by atoms with Crippen molar-refractivity contribution in [2.24, 2.45) is 7.05 Å². The number of aromatic nitrogens is 4. The molecule has 17 heteroatoms. The molecule has 0 radical (unpaired) electrons. The maximum absolute atomic E-state index is 14.0. The summed E-state index contributed by atoms with van der Waals surface area (Å²) in [5, 5.41) is 21.8. The lowest BCUT2D eigenvalue weighted by Gasteiger charge is -2.39. The number of sulfonamides is 1. The fraction of sp³-hybridized carbons (Fsp3) is 0.545. The van der Waals surface area contributed by atoms with Gasteiger partial charge in [0.15, 0.2) is 5.82 Å². The predicted molar refractivity (Wildman–Crippen MR) is 229 cm³/mol. The van der Waals surface area contributed by atoms with Crippen molar-refractivity contribution in [3.63, 3.8) is 0 Å². The van der Waals surface area contributed by atoms with Crippen LogP contribution in [0.25, 0.3) is 10.9 Å². The average Bonchev–Trinajstić information content (AvgIpc) is 3.71. The minimum atomic E-state index is -3.70. The summed E-state index contributed by atoms with van der Waals surface area (Å²) >= 11 is 0. The summed E-state index contributed by atoms with van der Waals surface area (Å²) in [4.78, 5) is 53.8. The van der Waals surface area contributed by atoms with Crippen LogP contribution in [0.1, 0.15) is 99.7 Å². The number of nitrogens with one attached hydrogen (secondary N) is 2. The molecule has 6 aliphatic rings. The Bertz CT molecular complexity index is 2490. The number of piperidine rings is 2. The maximum Gasteiger partial charge on any atom is 0.329 e. The predicted octanol–water partition coefficient (Wildman–Crippen LogP) is 4.53. The van der Waals surface area contributed by atoms with Crippen molar-refractivity contribution in [1.29, 1.82) is 0 Å². The van der Waals surface area contributed by atoms with Gasteiger partial charge in [-0.2, -0.15) is 14.4 Å². The molecule has 3 N–H and O–H groups in total. The number of likely N-dealkylation sites (tertiary alicyclic amines) is 1. The first-order valence-corrected chi connectivity index (χ1v) is 23.5. The van der Waals surface area contributed by atoms with Crippen LogP contribution in [0.2, 0.25) is 0 Å². The number of carbonyl (C=O) groups is 3. The van der Waals surface area contributed by atoms with Crippen LogP contribution in [0.15, 0.2) is 53.6 Å². The molecule has 4 aliphatic heterocycles. The normalized spacial score (nSPS) is 24.3. The Labute approximate surface area is 355 Å². The molecule has 6 heterocycles. The number of carbonyl (C=O) groups excluding carboxylic acids is 3. The van der Waals surface area contributed by atoms with Gasteiger partial charge in [-0.3, -0.25) is 34.3 Å². The summed E-state index contributed by atoms with van der Waals surface area (Å²) in [6.45, 7) is 3.47. The van der Waals surface area contributed by atoms with Crippen LogP contribution >= 0.6 is 0 Å². The molecular weight excluding hydrogens is 797 g/mol. The highest BCUT2D eigenvalue weighted by Crippen LogP contribution is 2.54. The number of imide groups is 1. The summed E-state index contributed by atoms with van der Waals surface area (Å²) in [5.74, 6) is 1.88. The molecule has 2 aliphatic carbocycles. The van der Waals surface area contributed by atoms with Crippen LogP contribution in [-0.4, -0.2) is 111 Å². The van der Waals surface area contributed by atoms with Crippen molar-refractivity contribution in [2.45, 2.75) is 118 Å². The summed E-state index contributed by atoms with van der Waals surface area (Å²) < 4.78 is 31.3. The van der Waals surface area contributed by atoms with E-state index in [-0.39, 0.29) is 30.3 Å². The molecule has 3 saturated heterocycles. The van der Waals surface area contributed by atoms with E-state index >= 15 is 0 Å². The molecule has 5 fully saturated rings.